The van der Waals surface area contributed by atoms with E-state index >= 15 is 0 Å². The van der Waals surface area contributed by atoms with Crippen LogP contribution in [0.15, 0.2) is 75.7 Å². The lowest BCUT2D eigenvalue weighted by atomic mass is 9.81. The maximum Gasteiger partial charge on any atom is 0.355 e. The van der Waals surface area contributed by atoms with Gasteiger partial charge in [-0.2, -0.15) is 5.26 Å². The van der Waals surface area contributed by atoms with Gasteiger partial charge in [0.05, 0.1) is 43.0 Å². The van der Waals surface area contributed by atoms with Crippen LogP contribution in [0.5, 0.6) is 5.75 Å². The maximum absolute atomic E-state index is 12.9. The summed E-state index contributed by atoms with van der Waals surface area (Å²) in [5.41, 5.74) is 6.63. The standard InChI is InChI=1S/C22H18BrN3O5/c1-30-21(28)18-17(12-6-4-3-5-7-12)14(11-24)20(25)26(19(18)22(29)31-2)15-9-8-13(23)10-16(15)27/h3-10,17,27H,25H2,1-2H3. The number of nitriles is 1. The zero-order chi connectivity index (χ0) is 22.7. The van der Waals surface area contributed by atoms with Crippen molar-refractivity contribution in [3.8, 4) is 11.8 Å². The number of methoxy groups -OCH3 is 2. The maximum atomic E-state index is 12.9. The molecule has 2 aromatic rings. The van der Waals surface area contributed by atoms with E-state index in [0.717, 1.165) is 12.0 Å². The van der Waals surface area contributed by atoms with Crippen LogP contribution in [0.1, 0.15) is 11.5 Å². The van der Waals surface area contributed by atoms with Gasteiger partial charge in [-0.25, -0.2) is 9.59 Å². The summed E-state index contributed by atoms with van der Waals surface area (Å²) in [5.74, 6) is -3.05. The van der Waals surface area contributed by atoms with Crippen molar-refractivity contribution in [1.29, 1.82) is 5.26 Å². The van der Waals surface area contributed by atoms with Crippen LogP contribution in [-0.2, 0) is 19.1 Å². The Hall–Kier alpha value is -3.77. The van der Waals surface area contributed by atoms with Gasteiger partial charge < -0.3 is 20.3 Å². The largest absolute Gasteiger partial charge is 0.506 e. The van der Waals surface area contributed by atoms with Gasteiger partial charge in [-0.3, -0.25) is 4.90 Å². The molecule has 0 spiro atoms. The number of halogens is 1. The third-order valence-electron chi connectivity index (χ3n) is 4.79. The lowest BCUT2D eigenvalue weighted by molar-refractivity contribution is -0.139. The van der Waals surface area contributed by atoms with Crippen molar-refractivity contribution in [1.82, 2.24) is 0 Å². The number of esters is 2. The van der Waals surface area contributed by atoms with E-state index in [0.29, 0.717) is 10.0 Å². The normalized spacial score (nSPS) is 16.1. The van der Waals surface area contributed by atoms with Gasteiger partial charge in [-0.1, -0.05) is 46.3 Å². The molecule has 0 saturated carbocycles. The van der Waals surface area contributed by atoms with Gasteiger partial charge >= 0.3 is 11.9 Å². The van der Waals surface area contributed by atoms with E-state index in [1.54, 1.807) is 36.4 Å². The van der Waals surface area contributed by atoms with E-state index in [1.165, 1.54) is 19.2 Å². The van der Waals surface area contributed by atoms with E-state index in [9.17, 15) is 20.0 Å². The van der Waals surface area contributed by atoms with Crippen LogP contribution in [-0.4, -0.2) is 31.3 Å². The second-order valence-corrected chi connectivity index (χ2v) is 7.38. The summed E-state index contributed by atoms with van der Waals surface area (Å²) in [6.07, 6.45) is 0. The van der Waals surface area contributed by atoms with Gasteiger partial charge in [0.15, 0.2) is 0 Å². The van der Waals surface area contributed by atoms with Crippen molar-refractivity contribution in [3.05, 3.63) is 81.2 Å². The fourth-order valence-corrected chi connectivity index (χ4v) is 3.80. The fraction of sp³-hybridized carbons (Fsp3) is 0.136. The van der Waals surface area contributed by atoms with Crippen LogP contribution in [0.3, 0.4) is 0 Å². The molecule has 1 unspecified atom stereocenters. The Morgan fingerprint density at radius 2 is 1.77 bits per heavy atom. The van der Waals surface area contributed by atoms with E-state index in [1.807, 2.05) is 6.07 Å². The molecule has 158 valence electrons. The van der Waals surface area contributed by atoms with Crippen LogP contribution >= 0.6 is 15.9 Å². The first-order valence-corrected chi connectivity index (χ1v) is 9.79. The highest BCUT2D eigenvalue weighted by Crippen LogP contribution is 2.45. The summed E-state index contributed by atoms with van der Waals surface area (Å²) < 4.78 is 10.5. The first-order valence-electron chi connectivity index (χ1n) is 8.99. The predicted molar refractivity (Wildman–Crippen MR) is 115 cm³/mol. The van der Waals surface area contributed by atoms with E-state index in [2.05, 4.69) is 15.9 Å². The Bertz CT molecular complexity index is 1150. The van der Waals surface area contributed by atoms with Gasteiger partial charge in [-0.05, 0) is 23.8 Å². The predicted octanol–water partition coefficient (Wildman–Crippen LogP) is 3.05. The van der Waals surface area contributed by atoms with Crippen molar-refractivity contribution in [2.45, 2.75) is 5.92 Å². The number of rotatable bonds is 4. The number of benzene rings is 2. The molecule has 3 rings (SSSR count). The smallest absolute Gasteiger partial charge is 0.355 e. The van der Waals surface area contributed by atoms with Crippen molar-refractivity contribution < 1.29 is 24.2 Å². The minimum Gasteiger partial charge on any atom is -0.506 e. The van der Waals surface area contributed by atoms with E-state index < -0.39 is 17.9 Å². The lowest BCUT2D eigenvalue weighted by Gasteiger charge is -2.36. The van der Waals surface area contributed by atoms with Crippen LogP contribution < -0.4 is 10.6 Å². The molecular formula is C22H18BrN3O5. The minimum absolute atomic E-state index is 0.0153. The second kappa shape index (κ2) is 8.93. The molecule has 31 heavy (non-hydrogen) atoms. The number of hydrogen-bond donors (Lipinski definition) is 2. The first kappa shape index (κ1) is 21.9. The third-order valence-corrected chi connectivity index (χ3v) is 5.28. The van der Waals surface area contributed by atoms with Gasteiger partial charge in [0.1, 0.15) is 17.3 Å². The van der Waals surface area contributed by atoms with Crippen molar-refractivity contribution in [2.24, 2.45) is 5.73 Å². The highest BCUT2D eigenvalue weighted by Gasteiger charge is 2.43. The van der Waals surface area contributed by atoms with Crippen LogP contribution in [0.2, 0.25) is 0 Å². The number of hydrogen-bond acceptors (Lipinski definition) is 8. The first-order chi connectivity index (χ1) is 14.8. The lowest BCUT2D eigenvalue weighted by Crippen LogP contribution is -2.40. The molecule has 0 radical (unpaired) electrons. The van der Waals surface area contributed by atoms with Gasteiger partial charge in [0.2, 0.25) is 0 Å². The molecule has 9 heteroatoms. The Morgan fingerprint density at radius 1 is 1.13 bits per heavy atom. The quantitative estimate of drug-likeness (QED) is 0.635. The van der Waals surface area contributed by atoms with Gasteiger partial charge in [-0.15, -0.1) is 0 Å². The summed E-state index contributed by atoms with van der Waals surface area (Å²) in [4.78, 5) is 26.9. The molecular weight excluding hydrogens is 466 g/mol. The average Bonchev–Trinajstić information content (AvgIpc) is 2.78. The summed E-state index contributed by atoms with van der Waals surface area (Å²) in [5, 5.41) is 20.5. The molecule has 1 aliphatic rings. The van der Waals surface area contributed by atoms with Crippen LogP contribution in [0.4, 0.5) is 5.69 Å². The Kier molecular flexibility index (Phi) is 6.32. The molecule has 0 fully saturated rings. The number of carbonyl (C=O) groups is 2. The molecule has 0 aliphatic carbocycles. The summed E-state index contributed by atoms with van der Waals surface area (Å²) >= 11 is 3.25. The highest BCUT2D eigenvalue weighted by atomic mass is 79.9. The SMILES string of the molecule is COC(=O)C1=C(C(=O)OC)N(c2ccc(Br)cc2O)C(N)=C(C#N)C1c1ccccc1. The van der Waals surface area contributed by atoms with Gasteiger partial charge in [0.25, 0.3) is 0 Å². The minimum atomic E-state index is -0.971. The molecule has 0 saturated heterocycles. The third kappa shape index (κ3) is 3.85. The van der Waals surface area contributed by atoms with Gasteiger partial charge in [0, 0.05) is 4.47 Å². The second-order valence-electron chi connectivity index (χ2n) is 6.47. The summed E-state index contributed by atoms with van der Waals surface area (Å²) in [7, 11) is 2.32. The molecule has 3 N–H and O–H groups in total. The summed E-state index contributed by atoms with van der Waals surface area (Å²) in [6, 6.07) is 15.2. The number of nitrogens with two attached hydrogens (primary N) is 1. The van der Waals surface area contributed by atoms with Crippen molar-refractivity contribution in [2.75, 3.05) is 19.1 Å². The fourth-order valence-electron chi connectivity index (χ4n) is 3.45. The number of phenolic OH excluding ortho intramolecular Hbond substituents is 1. The number of allylic oxidation sites excluding steroid dienone is 1. The zero-order valence-corrected chi connectivity index (χ0v) is 18.2. The number of phenols is 1. The number of nitrogens with zero attached hydrogens (tertiary/aromatic N) is 2. The average molecular weight is 484 g/mol. The Morgan fingerprint density at radius 3 is 2.32 bits per heavy atom. The molecule has 0 aromatic heterocycles. The molecule has 8 nitrogen and oxygen atoms in total. The number of anilines is 1. The molecule has 1 aliphatic heterocycles. The molecule has 1 heterocycles. The number of aromatic hydroxyl groups is 1. The van der Waals surface area contributed by atoms with Crippen LogP contribution in [0, 0.1) is 11.3 Å². The van der Waals surface area contributed by atoms with Crippen molar-refractivity contribution >= 4 is 33.6 Å². The Balaban J connectivity index is 2.43. The van der Waals surface area contributed by atoms with Crippen molar-refractivity contribution in [3.63, 3.8) is 0 Å². The monoisotopic (exact) mass is 483 g/mol. The van der Waals surface area contributed by atoms with E-state index in [4.69, 9.17) is 15.2 Å². The molecule has 1 atom stereocenters. The number of ether oxygens (including phenoxy) is 2. The molecule has 2 aromatic carbocycles. The molecule has 0 bridgehead atoms. The summed E-state index contributed by atoms with van der Waals surface area (Å²) in [6.45, 7) is 0. The number of carbonyl (C=O) groups excluding carboxylic acids is 2. The Labute approximate surface area is 186 Å². The van der Waals surface area contributed by atoms with Crippen LogP contribution in [0.25, 0.3) is 0 Å². The van der Waals surface area contributed by atoms with E-state index in [-0.39, 0.29) is 34.1 Å². The highest BCUT2D eigenvalue weighted by molar-refractivity contribution is 9.10. The zero-order valence-electron chi connectivity index (χ0n) is 16.6. The topological polar surface area (TPSA) is 126 Å². The molecule has 0 amide bonds.